The monoisotopic (exact) mass is 449 g/mol. The molecule has 1 aliphatic heterocycles. The van der Waals surface area contributed by atoms with Crippen molar-refractivity contribution in [3.8, 4) is 22.4 Å². The minimum absolute atomic E-state index is 0.0330. The summed E-state index contributed by atoms with van der Waals surface area (Å²) in [6, 6.07) is 9.31. The van der Waals surface area contributed by atoms with E-state index in [9.17, 15) is 13.2 Å². The number of amides is 1. The zero-order valence-corrected chi connectivity index (χ0v) is 18.4. The lowest BCUT2D eigenvalue weighted by Gasteiger charge is -2.18. The first kappa shape index (κ1) is 20.6. The second-order valence-corrected chi connectivity index (χ2v) is 9.95. The predicted molar refractivity (Wildman–Crippen MR) is 121 cm³/mol. The van der Waals surface area contributed by atoms with Crippen LogP contribution in [0.25, 0.3) is 22.4 Å². The number of anilines is 1. The molecule has 0 bridgehead atoms. The molecule has 4 N–H and O–H groups in total. The Balaban J connectivity index is 1.50. The Bertz CT molecular complexity index is 1350. The normalized spacial score (nSPS) is 15.8. The van der Waals surface area contributed by atoms with Gasteiger partial charge < -0.3 is 11.1 Å². The van der Waals surface area contributed by atoms with Crippen molar-refractivity contribution < 1.29 is 13.2 Å². The van der Waals surface area contributed by atoms with Crippen molar-refractivity contribution in [3.63, 3.8) is 0 Å². The molecule has 1 saturated carbocycles. The number of nitrogen functional groups attached to an aromatic ring is 1. The number of fused-ring (bicyclic) bond motifs is 1. The lowest BCUT2D eigenvalue weighted by atomic mass is 9.94. The molecule has 8 nitrogen and oxygen atoms in total. The second-order valence-electron chi connectivity index (χ2n) is 8.27. The summed E-state index contributed by atoms with van der Waals surface area (Å²) in [5.41, 5.74) is 11.4. The Hall–Kier alpha value is -3.30. The highest BCUT2D eigenvalue weighted by Gasteiger charge is 2.29. The van der Waals surface area contributed by atoms with Crippen LogP contribution in [-0.4, -0.2) is 36.9 Å². The third-order valence-electron chi connectivity index (χ3n) is 5.81. The van der Waals surface area contributed by atoms with Gasteiger partial charge in [-0.1, -0.05) is 12.1 Å². The molecule has 1 amide bonds. The van der Waals surface area contributed by atoms with Crippen LogP contribution < -0.4 is 15.8 Å². The quantitative estimate of drug-likeness (QED) is 0.549. The zero-order valence-electron chi connectivity index (χ0n) is 17.6. The van der Waals surface area contributed by atoms with Crippen molar-refractivity contribution in [1.82, 2.24) is 20.0 Å². The molecule has 1 fully saturated rings. The van der Waals surface area contributed by atoms with Crippen molar-refractivity contribution in [2.75, 3.05) is 12.3 Å². The van der Waals surface area contributed by atoms with E-state index in [4.69, 9.17) is 5.73 Å². The molecule has 32 heavy (non-hydrogen) atoms. The number of sulfonamides is 1. The number of hydrogen-bond donors (Lipinski definition) is 3. The summed E-state index contributed by atoms with van der Waals surface area (Å²) in [7, 11) is -3.58. The first-order valence-electron chi connectivity index (χ1n) is 10.5. The van der Waals surface area contributed by atoms with Crippen LogP contribution in [0.2, 0.25) is 0 Å². The fraction of sp³-hybridized carbons (Fsp3) is 0.261. The Morgan fingerprint density at radius 3 is 2.62 bits per heavy atom. The van der Waals surface area contributed by atoms with Crippen molar-refractivity contribution in [2.24, 2.45) is 0 Å². The van der Waals surface area contributed by atoms with E-state index in [-0.39, 0.29) is 16.8 Å². The highest BCUT2D eigenvalue weighted by Crippen LogP contribution is 2.32. The van der Waals surface area contributed by atoms with Crippen LogP contribution in [0.15, 0.2) is 47.6 Å². The molecule has 9 heteroatoms. The zero-order chi connectivity index (χ0) is 22.5. The van der Waals surface area contributed by atoms with Crippen LogP contribution in [0.3, 0.4) is 0 Å². The molecular formula is C23H23N5O3S. The first-order chi connectivity index (χ1) is 15.3. The molecule has 2 aliphatic rings. The number of rotatable bonds is 5. The smallest absolute Gasteiger partial charge is 0.251 e. The van der Waals surface area contributed by atoms with Gasteiger partial charge in [0.25, 0.3) is 5.91 Å². The molecule has 0 spiro atoms. The number of carbonyl (C=O) groups excluding carboxylic acids is 1. The summed E-state index contributed by atoms with van der Waals surface area (Å²) in [5, 5.41) is 2.84. The van der Waals surface area contributed by atoms with E-state index >= 15 is 0 Å². The fourth-order valence-corrected chi connectivity index (χ4v) is 5.38. The van der Waals surface area contributed by atoms with E-state index in [1.165, 1.54) is 6.20 Å². The van der Waals surface area contributed by atoms with Gasteiger partial charge >= 0.3 is 0 Å². The van der Waals surface area contributed by atoms with Gasteiger partial charge in [-0.25, -0.2) is 18.1 Å². The van der Waals surface area contributed by atoms with Crippen molar-refractivity contribution in [1.29, 1.82) is 0 Å². The standard InChI is InChI=1S/C23H23N5O3S/c1-13-8-20(26-12-21(13)32(30,31)28-17-3-4-17)16-10-19(22(24)27-11-16)14-2-5-18-15(9-14)6-7-25-23(18)29/h2,5,8-12,17,28H,3-4,6-7H2,1H3,(H2,24,27)(H,25,29). The first-order valence-corrected chi connectivity index (χ1v) is 12.0. The fourth-order valence-electron chi connectivity index (χ4n) is 3.91. The summed E-state index contributed by atoms with van der Waals surface area (Å²) in [4.78, 5) is 20.9. The van der Waals surface area contributed by atoms with Gasteiger partial charge in [-0.3, -0.25) is 9.78 Å². The van der Waals surface area contributed by atoms with Crippen molar-refractivity contribution in [2.45, 2.75) is 37.1 Å². The molecular weight excluding hydrogens is 426 g/mol. The number of pyridine rings is 2. The Labute approximate surface area is 186 Å². The molecule has 0 radical (unpaired) electrons. The molecule has 164 valence electrons. The van der Waals surface area contributed by atoms with Crippen LogP contribution >= 0.6 is 0 Å². The highest BCUT2D eigenvalue weighted by molar-refractivity contribution is 7.89. The molecule has 1 aliphatic carbocycles. The van der Waals surface area contributed by atoms with Gasteiger partial charge in [0.2, 0.25) is 10.0 Å². The molecule has 3 heterocycles. The highest BCUT2D eigenvalue weighted by atomic mass is 32.2. The van der Waals surface area contributed by atoms with Crippen LogP contribution in [0.1, 0.15) is 34.3 Å². The topological polar surface area (TPSA) is 127 Å². The van der Waals surface area contributed by atoms with Crippen LogP contribution in [-0.2, 0) is 16.4 Å². The van der Waals surface area contributed by atoms with Gasteiger partial charge in [0, 0.05) is 41.7 Å². The summed E-state index contributed by atoms with van der Waals surface area (Å²) in [6.07, 6.45) is 5.52. The summed E-state index contributed by atoms with van der Waals surface area (Å²) in [5.74, 6) is 0.307. The molecule has 3 aromatic rings. The predicted octanol–water partition coefficient (Wildman–Crippen LogP) is 2.43. The Kier molecular flexibility index (Phi) is 4.94. The summed E-state index contributed by atoms with van der Waals surface area (Å²) >= 11 is 0. The minimum atomic E-state index is -3.58. The maximum absolute atomic E-state index is 12.6. The molecule has 0 atom stereocenters. The summed E-state index contributed by atoms with van der Waals surface area (Å²) in [6.45, 7) is 2.37. The van der Waals surface area contributed by atoms with Crippen molar-refractivity contribution in [3.05, 3.63) is 59.4 Å². The molecule has 0 saturated heterocycles. The lowest BCUT2D eigenvalue weighted by molar-refractivity contribution is 0.0946. The van der Waals surface area contributed by atoms with Gasteiger partial charge in [-0.05, 0) is 61.1 Å². The van der Waals surface area contributed by atoms with E-state index in [2.05, 4.69) is 20.0 Å². The van der Waals surface area contributed by atoms with Crippen molar-refractivity contribution >= 4 is 21.7 Å². The van der Waals surface area contributed by atoms with E-state index in [1.807, 2.05) is 18.2 Å². The number of aromatic nitrogens is 2. The maximum atomic E-state index is 12.6. The number of carbonyl (C=O) groups is 1. The minimum Gasteiger partial charge on any atom is -0.383 e. The number of nitrogens with one attached hydrogen (secondary N) is 2. The van der Waals surface area contributed by atoms with Gasteiger partial charge in [0.15, 0.2) is 0 Å². The molecule has 2 aromatic heterocycles. The molecule has 1 aromatic carbocycles. The van der Waals surface area contributed by atoms with Gasteiger partial charge in [0.1, 0.15) is 10.7 Å². The third-order valence-corrected chi connectivity index (χ3v) is 7.46. The SMILES string of the molecule is Cc1cc(-c2cnc(N)c(-c3ccc4c(c3)CCNC4=O)c2)ncc1S(=O)(=O)NC1CC1. The van der Waals surface area contributed by atoms with E-state index in [1.54, 1.807) is 25.3 Å². The Morgan fingerprint density at radius 1 is 1.06 bits per heavy atom. The third kappa shape index (κ3) is 3.85. The van der Waals surface area contributed by atoms with Crippen LogP contribution in [0.4, 0.5) is 5.82 Å². The number of aryl methyl sites for hydroxylation is 1. The largest absolute Gasteiger partial charge is 0.383 e. The number of nitrogens with two attached hydrogens (primary N) is 1. The summed E-state index contributed by atoms with van der Waals surface area (Å²) < 4.78 is 27.8. The van der Waals surface area contributed by atoms with E-state index < -0.39 is 10.0 Å². The Morgan fingerprint density at radius 2 is 1.88 bits per heavy atom. The van der Waals surface area contributed by atoms with E-state index in [0.717, 1.165) is 41.5 Å². The van der Waals surface area contributed by atoms with Gasteiger partial charge in [-0.2, -0.15) is 0 Å². The maximum Gasteiger partial charge on any atom is 0.251 e. The molecule has 5 rings (SSSR count). The number of nitrogens with zero attached hydrogens (tertiary/aromatic N) is 2. The average molecular weight is 450 g/mol. The van der Waals surface area contributed by atoms with E-state index in [0.29, 0.717) is 29.2 Å². The number of hydrogen-bond acceptors (Lipinski definition) is 6. The molecule has 0 unspecified atom stereocenters. The second kappa shape index (κ2) is 7.68. The van der Waals surface area contributed by atoms with Gasteiger partial charge in [-0.15, -0.1) is 0 Å². The van der Waals surface area contributed by atoms with Crippen LogP contribution in [0.5, 0.6) is 0 Å². The van der Waals surface area contributed by atoms with Gasteiger partial charge in [0.05, 0.1) is 5.69 Å². The average Bonchev–Trinajstić information content (AvgIpc) is 3.57. The number of benzene rings is 1. The van der Waals surface area contributed by atoms with Crippen LogP contribution in [0, 0.1) is 6.92 Å². The lowest BCUT2D eigenvalue weighted by Crippen LogP contribution is -2.31.